The molecule has 0 fully saturated rings. The van der Waals surface area contributed by atoms with Crippen LogP contribution in [0.25, 0.3) is 0 Å². The van der Waals surface area contributed by atoms with Gasteiger partial charge in [0.1, 0.15) is 12.6 Å². The third-order valence-electron chi connectivity index (χ3n) is 2.08. The molecule has 6 heteroatoms. The molecule has 94 valence electrons. The number of likely N-dealkylation sites (N-methyl/N-ethyl adjacent to an activating group) is 1. The summed E-state index contributed by atoms with van der Waals surface area (Å²) < 4.78 is 0.0631. The molecule has 1 amide bonds. The number of Topliss-reactive ketones (excluding diaryl/α,β-unsaturated/α-hetero) is 1. The fourth-order valence-corrected chi connectivity index (χ4v) is 2.21. The number of hydrogen-bond donors (Lipinski definition) is 2. The molecule has 2 N–H and O–H groups in total. The van der Waals surface area contributed by atoms with Gasteiger partial charge in [-0.2, -0.15) is 5.43 Å². The van der Waals surface area contributed by atoms with Crippen molar-refractivity contribution in [3.63, 3.8) is 0 Å². The lowest BCUT2D eigenvalue weighted by atomic mass is 10.3. The van der Waals surface area contributed by atoms with E-state index in [4.69, 9.17) is 0 Å². The van der Waals surface area contributed by atoms with Gasteiger partial charge in [0.2, 0.25) is 0 Å². The van der Waals surface area contributed by atoms with E-state index >= 15 is 0 Å². The van der Waals surface area contributed by atoms with Crippen molar-refractivity contribution in [3.05, 3.63) is 22.4 Å². The fraction of sp³-hybridized carbons (Fsp3) is 0.455. The van der Waals surface area contributed by atoms with E-state index in [2.05, 4.69) is 5.43 Å². The molecule has 0 saturated carbocycles. The van der Waals surface area contributed by atoms with Crippen LogP contribution < -0.4 is 5.43 Å². The Labute approximate surface area is 104 Å². The van der Waals surface area contributed by atoms with Crippen LogP contribution in [0.1, 0.15) is 16.6 Å². The van der Waals surface area contributed by atoms with Gasteiger partial charge < -0.3 is 5.11 Å². The summed E-state index contributed by atoms with van der Waals surface area (Å²) in [6, 6.07) is 3.34. The summed E-state index contributed by atoms with van der Waals surface area (Å²) in [6.45, 7) is 1.97. The predicted molar refractivity (Wildman–Crippen MR) is 65.4 cm³/mol. The minimum Gasteiger partial charge on any atom is -0.387 e. The highest BCUT2D eigenvalue weighted by molar-refractivity contribution is 7.12. The number of rotatable bonds is 5. The first-order chi connectivity index (χ1) is 7.82. The zero-order chi connectivity index (χ0) is 13.1. The van der Waals surface area contributed by atoms with Crippen LogP contribution in [0.2, 0.25) is 0 Å². The summed E-state index contributed by atoms with van der Waals surface area (Å²) in [5, 5.41) is 11.0. The highest BCUT2D eigenvalue weighted by atomic mass is 32.1. The number of nitrogens with one attached hydrogen (secondary N) is 1. The van der Waals surface area contributed by atoms with Crippen LogP contribution in [0.5, 0.6) is 0 Å². The molecule has 0 saturated heterocycles. The third-order valence-corrected chi connectivity index (χ3v) is 2.94. The van der Waals surface area contributed by atoms with Crippen LogP contribution in [0.3, 0.4) is 0 Å². The van der Waals surface area contributed by atoms with Gasteiger partial charge in [-0.15, -0.1) is 11.3 Å². The van der Waals surface area contributed by atoms with Crippen molar-refractivity contribution in [2.45, 2.75) is 13.0 Å². The average molecular weight is 257 g/mol. The number of hydrogen-bond acceptors (Lipinski definition) is 4. The van der Waals surface area contributed by atoms with Gasteiger partial charge in [0, 0.05) is 0 Å². The Hall–Kier alpha value is -1.24. The lowest BCUT2D eigenvalue weighted by Gasteiger charge is -2.29. The predicted octanol–water partition coefficient (Wildman–Crippen LogP) is 0.419. The van der Waals surface area contributed by atoms with E-state index in [1.54, 1.807) is 38.5 Å². The maximum atomic E-state index is 11.7. The van der Waals surface area contributed by atoms with Crippen LogP contribution in [-0.2, 0) is 4.79 Å². The number of carbonyl (C=O) groups is 2. The molecule has 0 aromatic carbocycles. The molecule has 1 atom stereocenters. The Morgan fingerprint density at radius 3 is 2.65 bits per heavy atom. The van der Waals surface area contributed by atoms with Crippen molar-refractivity contribution in [2.24, 2.45) is 0 Å². The smallest absolute Gasteiger partial charge is 0.337 e. The first kappa shape index (κ1) is 13.8. The summed E-state index contributed by atoms with van der Waals surface area (Å²) in [5.74, 6) is -1.20. The van der Waals surface area contributed by atoms with Gasteiger partial charge in [-0.1, -0.05) is 6.07 Å². The first-order valence-corrected chi connectivity index (χ1v) is 6.11. The van der Waals surface area contributed by atoms with Crippen LogP contribution in [0.4, 0.5) is 0 Å². The Morgan fingerprint density at radius 1 is 1.53 bits per heavy atom. The van der Waals surface area contributed by atoms with Gasteiger partial charge in [0.05, 0.1) is 19.0 Å². The van der Waals surface area contributed by atoms with Crippen molar-refractivity contribution in [3.8, 4) is 0 Å². The molecule has 1 aromatic heterocycles. The number of nitrogens with zero attached hydrogens (tertiary/aromatic N) is 1. The standard InChI is InChI=1S/C11H16N2O3S/c1-8(14)7-13(2,3)12-11(16)10(15)9-5-4-6-17-9/h4-6,8,14H,7H2,1-3H3/p+1. The molecule has 0 aliphatic heterocycles. The molecule has 1 heterocycles. The Morgan fingerprint density at radius 2 is 2.18 bits per heavy atom. The van der Waals surface area contributed by atoms with E-state index < -0.39 is 17.8 Å². The van der Waals surface area contributed by atoms with Crippen molar-refractivity contribution in [1.29, 1.82) is 0 Å². The Kier molecular flexibility index (Phi) is 4.39. The average Bonchev–Trinajstić information content (AvgIpc) is 2.65. The minimum absolute atomic E-state index is 0.0631. The molecular formula is C11H17N2O3S+. The molecule has 0 aliphatic rings. The number of amides is 1. The number of ketones is 1. The largest absolute Gasteiger partial charge is 0.387 e. The van der Waals surface area contributed by atoms with Crippen LogP contribution in [-0.4, -0.2) is 48.1 Å². The van der Waals surface area contributed by atoms with E-state index in [1.165, 1.54) is 11.3 Å². The third kappa shape index (κ3) is 4.26. The van der Waals surface area contributed by atoms with Gasteiger partial charge in [0.25, 0.3) is 5.78 Å². The van der Waals surface area contributed by atoms with E-state index in [0.717, 1.165) is 0 Å². The Balaban J connectivity index is 2.63. The zero-order valence-corrected chi connectivity index (χ0v) is 11.0. The first-order valence-electron chi connectivity index (χ1n) is 5.23. The Bertz CT molecular complexity index is 399. The summed E-state index contributed by atoms with van der Waals surface area (Å²) in [6.07, 6.45) is -0.554. The van der Waals surface area contributed by atoms with Crippen molar-refractivity contribution >= 4 is 23.0 Å². The van der Waals surface area contributed by atoms with E-state index in [0.29, 0.717) is 11.4 Å². The molecule has 5 nitrogen and oxygen atoms in total. The van der Waals surface area contributed by atoms with Gasteiger partial charge in [-0.3, -0.25) is 9.59 Å². The number of quaternary nitrogens is 1. The van der Waals surface area contributed by atoms with Crippen LogP contribution in [0.15, 0.2) is 17.5 Å². The van der Waals surface area contributed by atoms with Crippen molar-refractivity contribution in [2.75, 3.05) is 20.6 Å². The van der Waals surface area contributed by atoms with Gasteiger partial charge >= 0.3 is 5.91 Å². The van der Waals surface area contributed by atoms with Gasteiger partial charge in [-0.05, 0) is 18.4 Å². The lowest BCUT2D eigenvalue weighted by molar-refractivity contribution is -0.927. The molecule has 17 heavy (non-hydrogen) atoms. The molecule has 0 radical (unpaired) electrons. The molecule has 1 rings (SSSR count). The van der Waals surface area contributed by atoms with Crippen LogP contribution >= 0.6 is 11.3 Å². The van der Waals surface area contributed by atoms with E-state index in [-0.39, 0.29) is 4.59 Å². The molecule has 0 spiro atoms. The van der Waals surface area contributed by atoms with E-state index in [9.17, 15) is 14.7 Å². The molecular weight excluding hydrogens is 240 g/mol. The van der Waals surface area contributed by atoms with Crippen molar-refractivity contribution in [1.82, 2.24) is 5.43 Å². The SMILES string of the molecule is CC(O)C[N+](C)(C)NC(=O)C(=O)c1cccs1. The van der Waals surface area contributed by atoms with Crippen LogP contribution in [0, 0.1) is 0 Å². The summed E-state index contributed by atoms with van der Waals surface area (Å²) in [7, 11) is 3.43. The topological polar surface area (TPSA) is 66.4 Å². The molecule has 0 bridgehead atoms. The lowest BCUT2D eigenvalue weighted by Crippen LogP contribution is -2.58. The number of aliphatic hydroxyl groups excluding tert-OH is 1. The molecule has 1 unspecified atom stereocenters. The summed E-state index contributed by atoms with van der Waals surface area (Å²) in [4.78, 5) is 23.8. The molecule has 0 aliphatic carbocycles. The number of carbonyl (C=O) groups excluding carboxylic acids is 2. The number of thiophene rings is 1. The highest BCUT2D eigenvalue weighted by Gasteiger charge is 2.26. The van der Waals surface area contributed by atoms with E-state index in [1.807, 2.05) is 0 Å². The maximum Gasteiger partial charge on any atom is 0.337 e. The normalized spacial score (nSPS) is 13.2. The summed E-state index contributed by atoms with van der Waals surface area (Å²) in [5.41, 5.74) is 2.57. The second-order valence-electron chi connectivity index (χ2n) is 4.46. The second-order valence-corrected chi connectivity index (χ2v) is 5.41. The number of aliphatic hydroxyl groups is 1. The highest BCUT2D eigenvalue weighted by Crippen LogP contribution is 2.09. The van der Waals surface area contributed by atoms with Crippen molar-refractivity contribution < 1.29 is 19.3 Å². The van der Waals surface area contributed by atoms with Gasteiger partial charge in [0.15, 0.2) is 0 Å². The second kappa shape index (κ2) is 5.39. The fourth-order valence-electron chi connectivity index (χ4n) is 1.55. The van der Waals surface area contributed by atoms with Gasteiger partial charge in [-0.25, -0.2) is 4.59 Å². The quantitative estimate of drug-likeness (QED) is 0.348. The minimum atomic E-state index is -0.655. The monoisotopic (exact) mass is 257 g/mol. The maximum absolute atomic E-state index is 11.7. The molecule has 1 aromatic rings. The summed E-state index contributed by atoms with van der Waals surface area (Å²) >= 11 is 1.23. The zero-order valence-electron chi connectivity index (χ0n) is 10.1.